The Bertz CT molecular complexity index is 401. The molecule has 0 bridgehead atoms. The molecule has 1 N–H and O–H groups in total. The van der Waals surface area contributed by atoms with E-state index in [9.17, 15) is 9.90 Å². The molecular weight excluding hydrogens is 295 g/mol. The van der Waals surface area contributed by atoms with Crippen LogP contribution in [0.2, 0.25) is 0 Å². The second kappa shape index (κ2) is 3.42. The van der Waals surface area contributed by atoms with E-state index >= 15 is 0 Å². The largest absolute Gasteiger partial charge is 0.507 e. The maximum absolute atomic E-state index is 11.5. The van der Waals surface area contributed by atoms with Crippen LogP contribution in [0.5, 0.6) is 5.75 Å². The summed E-state index contributed by atoms with van der Waals surface area (Å²) in [5, 5.41) is 9.53. The summed E-state index contributed by atoms with van der Waals surface area (Å²) in [4.78, 5) is 11.5. The van der Waals surface area contributed by atoms with Gasteiger partial charge in [0.15, 0.2) is 0 Å². The fraction of sp³-hybridized carbons (Fsp3) is 0.300. The Balaban J connectivity index is 2.63. The smallest absolute Gasteiger partial charge is 0.342 e. The van der Waals surface area contributed by atoms with Gasteiger partial charge in [0.2, 0.25) is 0 Å². The monoisotopic (exact) mass is 304 g/mol. The highest BCUT2D eigenvalue weighted by Crippen LogP contribution is 2.31. The molecule has 1 aromatic rings. The molecule has 0 aromatic heterocycles. The zero-order valence-corrected chi connectivity index (χ0v) is 9.74. The minimum Gasteiger partial charge on any atom is -0.507 e. The first-order chi connectivity index (χ1) is 6.59. The predicted octanol–water partition coefficient (Wildman–Crippen LogP) is 2.10. The minimum atomic E-state index is -0.422. The van der Waals surface area contributed by atoms with Crippen molar-refractivity contribution < 1.29 is 14.6 Å². The summed E-state index contributed by atoms with van der Waals surface area (Å²) in [5.74, 6) is -0.410. The van der Waals surface area contributed by atoms with Crippen LogP contribution in [-0.4, -0.2) is 17.2 Å². The quantitative estimate of drug-likeness (QED) is 0.590. The summed E-state index contributed by atoms with van der Waals surface area (Å²) >= 11 is 2.16. The summed E-state index contributed by atoms with van der Waals surface area (Å²) in [6, 6.07) is 3.33. The fourth-order valence-corrected chi connectivity index (χ4v) is 2.28. The van der Waals surface area contributed by atoms with Gasteiger partial charge in [0.1, 0.15) is 17.4 Å². The Kier molecular flexibility index (Phi) is 2.38. The Morgan fingerprint density at radius 1 is 1.57 bits per heavy atom. The van der Waals surface area contributed by atoms with Gasteiger partial charge >= 0.3 is 5.97 Å². The van der Waals surface area contributed by atoms with E-state index in [4.69, 9.17) is 4.74 Å². The van der Waals surface area contributed by atoms with Crippen molar-refractivity contribution in [3.8, 4) is 5.75 Å². The van der Waals surface area contributed by atoms with Crippen LogP contribution in [0.1, 0.15) is 22.8 Å². The third kappa shape index (κ3) is 1.47. The summed E-state index contributed by atoms with van der Waals surface area (Å²) in [6.45, 7) is 1.85. The van der Waals surface area contributed by atoms with Gasteiger partial charge in [0.25, 0.3) is 0 Å². The number of rotatable bonds is 0. The number of esters is 1. The van der Waals surface area contributed by atoms with Crippen molar-refractivity contribution in [1.82, 2.24) is 0 Å². The topological polar surface area (TPSA) is 46.5 Å². The van der Waals surface area contributed by atoms with Crippen LogP contribution in [0.25, 0.3) is 0 Å². The van der Waals surface area contributed by atoms with Crippen molar-refractivity contribution in [3.05, 3.63) is 26.8 Å². The number of phenols is 1. The molecule has 3 nitrogen and oxygen atoms in total. The maximum atomic E-state index is 11.5. The number of hydrogen-bond acceptors (Lipinski definition) is 3. The number of cyclic esters (lactones) is 1. The number of carbonyl (C=O) groups excluding carboxylic acids is 1. The van der Waals surface area contributed by atoms with Gasteiger partial charge in [-0.15, -0.1) is 0 Å². The minimum absolute atomic E-state index is 0.0114. The Morgan fingerprint density at radius 3 is 3.00 bits per heavy atom. The van der Waals surface area contributed by atoms with Crippen molar-refractivity contribution in [2.75, 3.05) is 0 Å². The van der Waals surface area contributed by atoms with Gasteiger partial charge in [-0.1, -0.05) is 0 Å². The molecule has 0 spiro atoms. The molecule has 74 valence electrons. The van der Waals surface area contributed by atoms with Gasteiger partial charge in [-0.2, -0.15) is 0 Å². The van der Waals surface area contributed by atoms with Gasteiger partial charge in [-0.05, 0) is 47.2 Å². The summed E-state index contributed by atoms with van der Waals surface area (Å²) in [5.41, 5.74) is 1.23. The zero-order valence-electron chi connectivity index (χ0n) is 7.58. The van der Waals surface area contributed by atoms with E-state index in [2.05, 4.69) is 22.6 Å². The number of ether oxygens (including phenoxy) is 1. The van der Waals surface area contributed by atoms with Gasteiger partial charge < -0.3 is 9.84 Å². The molecule has 0 fully saturated rings. The highest BCUT2D eigenvalue weighted by Gasteiger charge is 2.28. The molecule has 14 heavy (non-hydrogen) atoms. The van der Waals surface area contributed by atoms with Crippen molar-refractivity contribution in [1.29, 1.82) is 0 Å². The number of fused-ring (bicyclic) bond motifs is 1. The van der Waals surface area contributed by atoms with Gasteiger partial charge in [-0.25, -0.2) is 4.79 Å². The van der Waals surface area contributed by atoms with E-state index in [-0.39, 0.29) is 11.9 Å². The molecule has 0 amide bonds. The SMILES string of the molecule is CC1Cc2c(I)ccc(O)c2C(=O)O1. The molecule has 1 heterocycles. The number of hydrogen-bond donors (Lipinski definition) is 1. The number of aromatic hydroxyl groups is 1. The number of benzene rings is 1. The lowest BCUT2D eigenvalue weighted by molar-refractivity contribution is 0.0296. The molecule has 1 aliphatic heterocycles. The van der Waals surface area contributed by atoms with E-state index < -0.39 is 5.97 Å². The summed E-state index contributed by atoms with van der Waals surface area (Å²) in [7, 11) is 0. The molecule has 1 atom stereocenters. The Morgan fingerprint density at radius 2 is 2.29 bits per heavy atom. The van der Waals surface area contributed by atoms with E-state index in [0.717, 1.165) is 9.13 Å². The van der Waals surface area contributed by atoms with Crippen LogP contribution in [-0.2, 0) is 11.2 Å². The molecule has 1 aromatic carbocycles. The highest BCUT2D eigenvalue weighted by molar-refractivity contribution is 14.1. The van der Waals surface area contributed by atoms with Crippen LogP contribution in [0.4, 0.5) is 0 Å². The van der Waals surface area contributed by atoms with Gasteiger partial charge in [0.05, 0.1) is 0 Å². The summed E-state index contributed by atoms with van der Waals surface area (Å²) < 4.78 is 6.05. The number of halogens is 1. The normalized spacial score (nSPS) is 20.1. The van der Waals surface area contributed by atoms with Crippen LogP contribution >= 0.6 is 22.6 Å². The maximum Gasteiger partial charge on any atom is 0.342 e. The standard InChI is InChI=1S/C10H9IO3/c1-5-4-6-7(11)2-3-8(12)9(6)10(13)14-5/h2-3,5,12H,4H2,1H3. The molecular formula is C10H9IO3. The average molecular weight is 304 g/mol. The number of phenolic OH excluding ortho intramolecular Hbond substituents is 1. The first kappa shape index (κ1) is 9.76. The van der Waals surface area contributed by atoms with Gasteiger partial charge in [0, 0.05) is 9.99 Å². The fourth-order valence-electron chi connectivity index (χ4n) is 1.61. The highest BCUT2D eigenvalue weighted by atomic mass is 127. The van der Waals surface area contributed by atoms with Crippen molar-refractivity contribution >= 4 is 28.6 Å². The molecule has 0 saturated heterocycles. The third-order valence-corrected chi connectivity index (χ3v) is 3.25. The lowest BCUT2D eigenvalue weighted by atomic mass is 9.98. The van der Waals surface area contributed by atoms with E-state index in [0.29, 0.717) is 12.0 Å². The number of carbonyl (C=O) groups is 1. The Labute approximate surface area is 95.2 Å². The van der Waals surface area contributed by atoms with Crippen LogP contribution in [0, 0.1) is 3.57 Å². The lowest BCUT2D eigenvalue weighted by Crippen LogP contribution is -2.26. The first-order valence-electron chi connectivity index (χ1n) is 4.31. The molecule has 2 rings (SSSR count). The van der Waals surface area contributed by atoms with E-state index in [1.165, 1.54) is 6.07 Å². The average Bonchev–Trinajstić information content (AvgIpc) is 2.10. The zero-order chi connectivity index (χ0) is 10.3. The van der Waals surface area contributed by atoms with Crippen LogP contribution in [0.15, 0.2) is 12.1 Å². The van der Waals surface area contributed by atoms with Gasteiger partial charge in [-0.3, -0.25) is 0 Å². The van der Waals surface area contributed by atoms with Crippen LogP contribution in [0.3, 0.4) is 0 Å². The van der Waals surface area contributed by atoms with Crippen molar-refractivity contribution in [2.24, 2.45) is 0 Å². The summed E-state index contributed by atoms with van der Waals surface area (Å²) in [6.07, 6.45) is 0.568. The van der Waals surface area contributed by atoms with E-state index in [1.54, 1.807) is 6.07 Å². The lowest BCUT2D eigenvalue weighted by Gasteiger charge is -2.23. The Hall–Kier alpha value is -0.780. The van der Waals surface area contributed by atoms with Crippen LogP contribution < -0.4 is 0 Å². The van der Waals surface area contributed by atoms with Crippen molar-refractivity contribution in [2.45, 2.75) is 19.4 Å². The second-order valence-electron chi connectivity index (χ2n) is 3.34. The molecule has 4 heteroatoms. The third-order valence-electron chi connectivity index (χ3n) is 2.24. The predicted molar refractivity (Wildman–Crippen MR) is 59.4 cm³/mol. The molecule has 1 unspecified atom stereocenters. The first-order valence-corrected chi connectivity index (χ1v) is 5.39. The van der Waals surface area contributed by atoms with Crippen molar-refractivity contribution in [3.63, 3.8) is 0 Å². The molecule has 1 aliphatic rings. The van der Waals surface area contributed by atoms with E-state index in [1.807, 2.05) is 6.92 Å². The molecule has 0 radical (unpaired) electrons. The molecule has 0 saturated carbocycles. The second-order valence-corrected chi connectivity index (χ2v) is 4.50. The molecule has 0 aliphatic carbocycles.